The summed E-state index contributed by atoms with van der Waals surface area (Å²) in [6.45, 7) is 7.50. The van der Waals surface area contributed by atoms with Crippen LogP contribution < -0.4 is 10.8 Å². The molecule has 1 heterocycles. The van der Waals surface area contributed by atoms with Crippen molar-refractivity contribution in [2.45, 2.75) is 52.9 Å². The molecule has 1 unspecified atom stereocenters. The van der Waals surface area contributed by atoms with Gasteiger partial charge in [0.1, 0.15) is 11.9 Å². The first-order valence-corrected chi connectivity index (χ1v) is 8.64. The van der Waals surface area contributed by atoms with Gasteiger partial charge in [-0.25, -0.2) is 4.39 Å². The summed E-state index contributed by atoms with van der Waals surface area (Å²) >= 11 is 0. The number of nitrogens with one attached hydrogen (secondary N) is 1. The lowest BCUT2D eigenvalue weighted by Gasteiger charge is -2.28. The van der Waals surface area contributed by atoms with Gasteiger partial charge in [0, 0.05) is 12.0 Å². The maximum Gasteiger partial charge on any atom is 0.261 e. The minimum absolute atomic E-state index is 0.0116. The maximum atomic E-state index is 14.1. The van der Waals surface area contributed by atoms with Gasteiger partial charge in [0.15, 0.2) is 7.28 Å². The zero-order valence-electron chi connectivity index (χ0n) is 15.5. The molecule has 1 radical (unpaired) electrons. The minimum Gasteiger partial charge on any atom is -0.295 e. The molecule has 0 aliphatic carbocycles. The van der Waals surface area contributed by atoms with E-state index in [4.69, 9.17) is 0 Å². The second-order valence-corrected chi connectivity index (χ2v) is 5.59. The van der Waals surface area contributed by atoms with Crippen molar-refractivity contribution in [3.63, 3.8) is 0 Å². The average molecular weight is 361 g/mol. The smallest absolute Gasteiger partial charge is 0.261 e. The number of benzene rings is 1. The van der Waals surface area contributed by atoms with E-state index in [-0.39, 0.29) is 24.8 Å². The summed E-state index contributed by atoms with van der Waals surface area (Å²) in [5.41, 5.74) is 0.892. The van der Waals surface area contributed by atoms with Gasteiger partial charge in [0.2, 0.25) is 18.2 Å². The molecule has 1 atom stereocenters. The summed E-state index contributed by atoms with van der Waals surface area (Å²) in [4.78, 5) is 47.7. The van der Waals surface area contributed by atoms with Gasteiger partial charge in [-0.05, 0) is 25.0 Å². The number of aryl methyl sites for hydroxylation is 1. The van der Waals surface area contributed by atoms with Crippen LogP contribution in [0.3, 0.4) is 0 Å². The normalized spacial score (nSPS) is 16.1. The van der Waals surface area contributed by atoms with Crippen molar-refractivity contribution < 1.29 is 23.6 Å². The van der Waals surface area contributed by atoms with E-state index in [2.05, 4.69) is 5.32 Å². The molecule has 1 saturated heterocycles. The Morgan fingerprint density at radius 1 is 1.38 bits per heavy atom. The maximum absolute atomic E-state index is 14.1. The van der Waals surface area contributed by atoms with Crippen molar-refractivity contribution in [1.82, 2.24) is 10.2 Å². The van der Waals surface area contributed by atoms with Crippen LogP contribution in [0.4, 0.5) is 4.39 Å². The number of halogens is 1. The molecule has 26 heavy (non-hydrogen) atoms. The minimum atomic E-state index is -1.07. The predicted octanol–water partition coefficient (Wildman–Crippen LogP) is 1.33. The molecule has 1 N–H and O–H groups in total. The molecule has 1 aromatic carbocycles. The number of carbonyl (C=O) groups excluding carboxylic acids is 4. The highest BCUT2D eigenvalue weighted by Gasteiger charge is 2.35. The van der Waals surface area contributed by atoms with Crippen LogP contribution in [0, 0.1) is 12.7 Å². The van der Waals surface area contributed by atoms with E-state index in [1.54, 1.807) is 14.2 Å². The third-order valence-corrected chi connectivity index (χ3v) is 3.89. The highest BCUT2D eigenvalue weighted by Crippen LogP contribution is 2.17. The molecule has 6 nitrogen and oxygen atoms in total. The molecular weight excluding hydrogens is 338 g/mol. The molecule has 139 valence electrons. The van der Waals surface area contributed by atoms with Gasteiger partial charge < -0.3 is 0 Å². The van der Waals surface area contributed by atoms with Crippen LogP contribution in [-0.4, -0.2) is 42.4 Å². The van der Waals surface area contributed by atoms with Gasteiger partial charge in [0.05, 0.1) is 0 Å². The second-order valence-electron chi connectivity index (χ2n) is 5.59. The van der Waals surface area contributed by atoms with Gasteiger partial charge in [0.25, 0.3) is 5.91 Å². The van der Waals surface area contributed by atoms with Crippen molar-refractivity contribution in [2.24, 2.45) is 0 Å². The number of rotatable bonds is 5. The highest BCUT2D eigenvalue weighted by atomic mass is 19.1. The zero-order chi connectivity index (χ0) is 19.9. The molecule has 0 spiro atoms. The molecule has 1 aromatic rings. The lowest BCUT2D eigenvalue weighted by Crippen LogP contribution is -2.54. The molecule has 2 rings (SSSR count). The number of hydrogen-bond acceptors (Lipinski definition) is 4. The van der Waals surface area contributed by atoms with Gasteiger partial charge in [-0.15, -0.1) is 0 Å². The predicted molar refractivity (Wildman–Crippen MR) is 96.8 cm³/mol. The van der Waals surface area contributed by atoms with Crippen molar-refractivity contribution in [3.05, 3.63) is 29.1 Å². The standard InChI is InChI=1S/C16H17BFN2O4.C2H6/c1-3-17-11-6-9(2)10(7-12(11)18)16(24)20(8-21)13-4-5-14(22)19-15(13)23;1-2/h6-8,13H,3-5H2,1-2H3,(H,19,22,23);1-2H3. The second kappa shape index (κ2) is 9.84. The summed E-state index contributed by atoms with van der Waals surface area (Å²) in [5, 5.41) is 2.09. The van der Waals surface area contributed by atoms with Crippen molar-refractivity contribution in [2.75, 3.05) is 0 Å². The number of piperidine rings is 1. The van der Waals surface area contributed by atoms with Gasteiger partial charge in [-0.2, -0.15) is 0 Å². The monoisotopic (exact) mass is 361 g/mol. The Morgan fingerprint density at radius 3 is 2.58 bits per heavy atom. The Bertz CT molecular complexity index is 709. The van der Waals surface area contributed by atoms with Crippen molar-refractivity contribution in [3.8, 4) is 0 Å². The number of imide groups is 2. The van der Waals surface area contributed by atoms with Gasteiger partial charge >= 0.3 is 0 Å². The largest absolute Gasteiger partial charge is 0.295 e. The molecule has 0 bridgehead atoms. The van der Waals surface area contributed by atoms with E-state index in [1.165, 1.54) is 6.07 Å². The SMILES string of the molecule is CC.CC[B]c1cc(C)c(C(=O)N(C=O)C2CCC(=O)NC2=O)cc1F. The lowest BCUT2D eigenvalue weighted by atomic mass is 9.67. The molecule has 1 aliphatic rings. The number of amides is 4. The van der Waals surface area contributed by atoms with Crippen LogP contribution in [0.15, 0.2) is 12.1 Å². The van der Waals surface area contributed by atoms with E-state index < -0.39 is 29.6 Å². The average Bonchev–Trinajstić information content (AvgIpc) is 2.62. The van der Waals surface area contributed by atoms with Crippen LogP contribution in [0.2, 0.25) is 6.32 Å². The number of carbonyl (C=O) groups is 4. The van der Waals surface area contributed by atoms with Crippen molar-refractivity contribution in [1.29, 1.82) is 0 Å². The van der Waals surface area contributed by atoms with Gasteiger partial charge in [-0.3, -0.25) is 29.4 Å². The summed E-state index contributed by atoms with van der Waals surface area (Å²) in [5.74, 6) is -2.49. The van der Waals surface area contributed by atoms with Crippen molar-refractivity contribution >= 4 is 36.9 Å². The fourth-order valence-electron chi connectivity index (χ4n) is 2.66. The summed E-state index contributed by atoms with van der Waals surface area (Å²) in [6, 6.07) is 1.53. The van der Waals surface area contributed by atoms with Crippen LogP contribution in [-0.2, 0) is 14.4 Å². The van der Waals surface area contributed by atoms with Gasteiger partial charge in [-0.1, -0.05) is 38.6 Å². The molecule has 1 aliphatic heterocycles. The quantitative estimate of drug-likeness (QED) is 0.487. The Morgan fingerprint density at radius 2 is 2.04 bits per heavy atom. The Kier molecular flexibility index (Phi) is 8.15. The summed E-state index contributed by atoms with van der Waals surface area (Å²) in [7, 11) is 1.69. The van der Waals surface area contributed by atoms with E-state index in [1.807, 2.05) is 20.8 Å². The Balaban J connectivity index is 0.00000163. The first kappa shape index (κ1) is 21.5. The molecule has 1 fully saturated rings. The van der Waals surface area contributed by atoms with Crippen LogP contribution >= 0.6 is 0 Å². The van der Waals surface area contributed by atoms with E-state index in [0.29, 0.717) is 22.2 Å². The molecular formula is C18H23BFN2O4. The topological polar surface area (TPSA) is 83.6 Å². The first-order valence-electron chi connectivity index (χ1n) is 8.64. The molecule has 8 heteroatoms. The summed E-state index contributed by atoms with van der Waals surface area (Å²) < 4.78 is 14.1. The van der Waals surface area contributed by atoms with E-state index in [0.717, 1.165) is 6.07 Å². The molecule has 4 amide bonds. The summed E-state index contributed by atoms with van der Waals surface area (Å²) in [6.07, 6.45) is 0.969. The van der Waals surface area contributed by atoms with E-state index >= 15 is 0 Å². The third-order valence-electron chi connectivity index (χ3n) is 3.89. The van der Waals surface area contributed by atoms with Crippen LogP contribution in [0.25, 0.3) is 0 Å². The fourth-order valence-corrected chi connectivity index (χ4v) is 2.66. The first-order chi connectivity index (χ1) is 12.4. The highest BCUT2D eigenvalue weighted by molar-refractivity contribution is 6.53. The fraction of sp³-hybridized carbons (Fsp3) is 0.444. The van der Waals surface area contributed by atoms with Crippen LogP contribution in [0.5, 0.6) is 0 Å². The lowest BCUT2D eigenvalue weighted by molar-refractivity contribution is -0.139. The Hall–Kier alpha value is -2.51. The third kappa shape index (κ3) is 4.77. The molecule has 0 aromatic heterocycles. The molecule has 0 saturated carbocycles. The number of nitrogens with zero attached hydrogens (tertiary/aromatic N) is 1. The van der Waals surface area contributed by atoms with E-state index in [9.17, 15) is 23.6 Å². The zero-order valence-corrected chi connectivity index (χ0v) is 15.5. The Labute approximate surface area is 153 Å². The number of hydrogen-bond donors (Lipinski definition) is 1. The van der Waals surface area contributed by atoms with Crippen LogP contribution in [0.1, 0.15) is 49.5 Å².